The first-order valence-corrected chi connectivity index (χ1v) is 11.6. The Morgan fingerprint density at radius 2 is 1.16 bits per heavy atom. The maximum absolute atomic E-state index is 11.7. The van der Waals surface area contributed by atoms with Crippen molar-refractivity contribution in [2.75, 3.05) is 13.2 Å². The molecule has 0 aromatic carbocycles. The monoisotopic (exact) mass is 532 g/mol. The molecule has 6 atom stereocenters. The van der Waals surface area contributed by atoms with E-state index in [2.05, 4.69) is 33.6 Å². The van der Waals surface area contributed by atoms with Crippen molar-refractivity contribution in [3.05, 3.63) is 65.2 Å². The Morgan fingerprint density at radius 1 is 0.789 bits per heavy atom. The fourth-order valence-corrected chi connectivity index (χ4v) is 3.95. The molecule has 14 heteroatoms. The molecule has 14 nitrogen and oxygen atoms in total. The van der Waals surface area contributed by atoms with E-state index in [1.807, 2.05) is 0 Å². The molecule has 0 unspecified atom stereocenters. The van der Waals surface area contributed by atoms with Crippen LogP contribution in [0, 0.1) is 23.7 Å². The number of ether oxygens (including phenoxy) is 2. The van der Waals surface area contributed by atoms with Gasteiger partial charge in [-0.3, -0.25) is 28.7 Å². The van der Waals surface area contributed by atoms with Crippen LogP contribution in [-0.4, -0.2) is 77.2 Å². The van der Waals surface area contributed by atoms with E-state index in [4.69, 9.17) is 19.7 Å². The summed E-state index contributed by atoms with van der Waals surface area (Å²) in [7, 11) is 0. The third kappa shape index (κ3) is 6.38. The smallest absolute Gasteiger partial charge is 0.330 e. The maximum atomic E-state index is 11.7. The lowest BCUT2D eigenvalue weighted by atomic mass is 10.2. The van der Waals surface area contributed by atoms with E-state index in [0.717, 1.165) is 0 Å². The number of aliphatic hydroxyl groups excluding tert-OH is 4. The molecule has 0 aliphatic carbocycles. The molecular formula is C24H28N4O10. The van der Waals surface area contributed by atoms with Crippen LogP contribution in [-0.2, 0) is 9.47 Å². The quantitative estimate of drug-likeness (QED) is 0.221. The van der Waals surface area contributed by atoms with E-state index in [-0.39, 0.29) is 37.2 Å². The van der Waals surface area contributed by atoms with Gasteiger partial charge in [0.1, 0.15) is 35.8 Å². The van der Waals surface area contributed by atoms with Gasteiger partial charge < -0.3 is 29.9 Å². The summed E-state index contributed by atoms with van der Waals surface area (Å²) < 4.78 is 13.0. The third-order valence-corrected chi connectivity index (χ3v) is 5.84. The molecular weight excluding hydrogens is 504 g/mol. The minimum atomic E-state index is -0.852. The van der Waals surface area contributed by atoms with Gasteiger partial charge in [0.2, 0.25) is 0 Å². The molecule has 2 aromatic rings. The Labute approximate surface area is 215 Å². The molecule has 2 aliphatic rings. The Balaban J connectivity index is 0.000000211. The lowest BCUT2D eigenvalue weighted by molar-refractivity contribution is -0.0459. The van der Waals surface area contributed by atoms with Gasteiger partial charge in [-0.2, -0.15) is 0 Å². The molecule has 4 rings (SSSR count). The van der Waals surface area contributed by atoms with Gasteiger partial charge in [-0.25, -0.2) is 9.59 Å². The number of hydrogen-bond acceptors (Lipinski definition) is 10. The summed E-state index contributed by atoms with van der Waals surface area (Å²) in [5.41, 5.74) is -2.11. The highest BCUT2D eigenvalue weighted by Crippen LogP contribution is 2.28. The average molecular weight is 533 g/mol. The van der Waals surface area contributed by atoms with E-state index in [9.17, 15) is 29.4 Å². The van der Waals surface area contributed by atoms with Crippen molar-refractivity contribution in [2.24, 2.45) is 0 Å². The van der Waals surface area contributed by atoms with Crippen LogP contribution >= 0.6 is 0 Å². The van der Waals surface area contributed by atoms with Gasteiger partial charge in [-0.05, 0) is 13.8 Å². The minimum absolute atomic E-state index is 0.146. The number of aliphatic hydroxyl groups is 4. The minimum Gasteiger partial charge on any atom is -0.394 e. The molecule has 0 amide bonds. The molecule has 204 valence electrons. The summed E-state index contributed by atoms with van der Waals surface area (Å²) in [6, 6.07) is 0. The van der Waals surface area contributed by atoms with Crippen molar-refractivity contribution < 1.29 is 29.9 Å². The molecule has 0 radical (unpaired) electrons. The van der Waals surface area contributed by atoms with Crippen molar-refractivity contribution in [1.82, 2.24) is 19.1 Å². The largest absolute Gasteiger partial charge is 0.394 e. The first-order valence-electron chi connectivity index (χ1n) is 11.6. The number of aromatic amines is 2. The highest BCUT2D eigenvalue weighted by molar-refractivity contribution is 5.29. The van der Waals surface area contributed by atoms with Gasteiger partial charge >= 0.3 is 11.4 Å². The average Bonchev–Trinajstić information content (AvgIpc) is 3.44. The van der Waals surface area contributed by atoms with Crippen molar-refractivity contribution in [3.8, 4) is 23.7 Å². The second-order valence-electron chi connectivity index (χ2n) is 8.40. The van der Waals surface area contributed by atoms with Gasteiger partial charge in [0, 0.05) is 25.2 Å². The Bertz CT molecular complexity index is 1390. The van der Waals surface area contributed by atoms with Crippen LogP contribution < -0.4 is 22.5 Å². The van der Waals surface area contributed by atoms with Crippen molar-refractivity contribution in [2.45, 2.75) is 63.6 Å². The predicted octanol–water partition coefficient (Wildman–Crippen LogP) is -2.90. The van der Waals surface area contributed by atoms with Crippen molar-refractivity contribution in [3.63, 3.8) is 0 Å². The normalized spacial score (nSPS) is 25.9. The first kappa shape index (κ1) is 28.8. The summed E-state index contributed by atoms with van der Waals surface area (Å²) >= 11 is 0. The molecule has 2 aromatic heterocycles. The van der Waals surface area contributed by atoms with E-state index < -0.39 is 59.4 Å². The molecule has 2 fully saturated rings. The Kier molecular flexibility index (Phi) is 9.60. The zero-order valence-electron chi connectivity index (χ0n) is 20.6. The zero-order chi connectivity index (χ0) is 28.0. The lowest BCUT2D eigenvalue weighted by Gasteiger charge is -2.14. The van der Waals surface area contributed by atoms with Crippen LogP contribution in [0.1, 0.15) is 50.3 Å². The van der Waals surface area contributed by atoms with Crippen LogP contribution in [0.25, 0.3) is 0 Å². The number of nitrogens with one attached hydrogen (secondary N) is 2. The second-order valence-corrected chi connectivity index (χ2v) is 8.40. The molecule has 0 bridgehead atoms. The number of hydrogen-bond donors (Lipinski definition) is 6. The lowest BCUT2D eigenvalue weighted by Crippen LogP contribution is -2.33. The van der Waals surface area contributed by atoms with Gasteiger partial charge in [0.25, 0.3) is 11.1 Å². The first-order chi connectivity index (χ1) is 18.1. The van der Waals surface area contributed by atoms with Gasteiger partial charge in [0.15, 0.2) is 0 Å². The molecule has 2 aliphatic heterocycles. The number of H-pyrrole nitrogens is 2. The van der Waals surface area contributed by atoms with E-state index in [1.54, 1.807) is 13.8 Å². The number of nitrogens with zero attached hydrogens (tertiary/aromatic N) is 2. The highest BCUT2D eigenvalue weighted by atomic mass is 16.5. The van der Waals surface area contributed by atoms with E-state index >= 15 is 0 Å². The number of rotatable bonds is 4. The van der Waals surface area contributed by atoms with Crippen molar-refractivity contribution >= 4 is 0 Å². The molecule has 4 heterocycles. The van der Waals surface area contributed by atoms with E-state index in [0.29, 0.717) is 0 Å². The summed E-state index contributed by atoms with van der Waals surface area (Å²) in [6.07, 6.45) is -1.70. The second kappa shape index (κ2) is 12.7. The topological polar surface area (TPSA) is 209 Å². The summed E-state index contributed by atoms with van der Waals surface area (Å²) in [5.74, 6) is 10.3. The van der Waals surface area contributed by atoms with Crippen LogP contribution in [0.15, 0.2) is 31.6 Å². The molecule has 2 saturated heterocycles. The number of aromatic nitrogens is 4. The summed E-state index contributed by atoms with van der Waals surface area (Å²) in [5, 5.41) is 37.3. The molecule has 6 N–H and O–H groups in total. The summed E-state index contributed by atoms with van der Waals surface area (Å²) in [6.45, 7) is 2.48. The van der Waals surface area contributed by atoms with Crippen LogP contribution in [0.4, 0.5) is 0 Å². The SMILES string of the molecule is CC#Cc1cn([C@H]2C[C@H](O)[C@@H](CO)O2)c(=O)[nH]c1=O.CC#Cc1cn([C@H]2C[C@H](O)[C@@H](CO)O2)c(=O)[nH]c1=O. The fourth-order valence-electron chi connectivity index (χ4n) is 3.95. The van der Waals surface area contributed by atoms with Crippen LogP contribution in [0.2, 0.25) is 0 Å². The molecule has 38 heavy (non-hydrogen) atoms. The summed E-state index contributed by atoms with van der Waals surface area (Å²) in [4.78, 5) is 50.7. The van der Waals surface area contributed by atoms with Gasteiger partial charge in [-0.15, -0.1) is 11.8 Å². The van der Waals surface area contributed by atoms with Crippen LogP contribution in [0.5, 0.6) is 0 Å². The van der Waals surface area contributed by atoms with Crippen LogP contribution in [0.3, 0.4) is 0 Å². The molecule has 0 spiro atoms. The fraction of sp³-hybridized carbons (Fsp3) is 0.500. The maximum Gasteiger partial charge on any atom is 0.330 e. The van der Waals surface area contributed by atoms with E-state index in [1.165, 1.54) is 21.5 Å². The Morgan fingerprint density at radius 3 is 1.45 bits per heavy atom. The predicted molar refractivity (Wildman–Crippen MR) is 131 cm³/mol. The third-order valence-electron chi connectivity index (χ3n) is 5.84. The standard InChI is InChI=1S/2C12H14N2O5/c2*1-2-3-7-5-14(12(18)13-11(7)17)10-4-8(16)9(6-15)19-10/h2*5,8-10,15-16H,4,6H2,1H3,(H,13,17,18)/t2*8-,9+,10+/m00/s1. The highest BCUT2D eigenvalue weighted by Gasteiger charge is 2.36. The Hall–Kier alpha value is -3.76. The van der Waals surface area contributed by atoms with Gasteiger partial charge in [-0.1, -0.05) is 11.8 Å². The molecule has 0 saturated carbocycles. The van der Waals surface area contributed by atoms with Crippen molar-refractivity contribution in [1.29, 1.82) is 0 Å². The van der Waals surface area contributed by atoms with Gasteiger partial charge in [0.05, 0.1) is 25.4 Å². The zero-order valence-corrected chi connectivity index (χ0v) is 20.6.